The first kappa shape index (κ1) is 22.8. The van der Waals surface area contributed by atoms with E-state index in [1.807, 2.05) is 4.78 Å². The monoisotopic (exact) mass is 478 g/mol. The highest BCUT2D eigenvalue weighted by Gasteiger charge is 2.79. The predicted molar refractivity (Wildman–Crippen MR) is 140 cm³/mol. The molecule has 1 unspecified atom stereocenters. The van der Waals surface area contributed by atoms with Gasteiger partial charge in [-0.2, -0.15) is 5.10 Å². The van der Waals surface area contributed by atoms with Crippen LogP contribution in [0.1, 0.15) is 55.4 Å². The van der Waals surface area contributed by atoms with Gasteiger partial charge in [-0.05, 0) is 17.1 Å². The molecule has 0 bridgehead atoms. The van der Waals surface area contributed by atoms with E-state index in [4.69, 9.17) is 9.53 Å². The summed E-state index contributed by atoms with van der Waals surface area (Å²) in [7, 11) is -3.71. The lowest BCUT2D eigenvalue weighted by Gasteiger charge is -2.51. The van der Waals surface area contributed by atoms with Crippen LogP contribution < -0.4 is 5.19 Å². The molecular weight excluding hydrogens is 443 g/mol. The van der Waals surface area contributed by atoms with Crippen LogP contribution in [0.2, 0.25) is 10.1 Å². The summed E-state index contributed by atoms with van der Waals surface area (Å²) < 4.78 is 9.34. The number of hydrazone groups is 1. The highest BCUT2D eigenvalue weighted by molar-refractivity contribution is 7.63. The van der Waals surface area contributed by atoms with Crippen LogP contribution in [0.15, 0.2) is 70.8 Å². The maximum absolute atomic E-state index is 12.9. The van der Waals surface area contributed by atoms with Crippen molar-refractivity contribution in [1.82, 2.24) is 4.78 Å². The average Bonchev–Trinajstić information content (AvgIpc) is 3.32. The van der Waals surface area contributed by atoms with Gasteiger partial charge in [0.05, 0.1) is 24.5 Å². The minimum absolute atomic E-state index is 0.0279. The number of allylic oxidation sites excluding steroid dienone is 6. The Bertz CT molecular complexity index is 1140. The highest BCUT2D eigenvalue weighted by atomic mass is 31.1. The summed E-state index contributed by atoms with van der Waals surface area (Å²) in [6.07, 6.45) is 9.27. The minimum Gasteiger partial charge on any atom is -0.540 e. The fourth-order valence-corrected chi connectivity index (χ4v) is 17.2. The normalized spacial score (nSPS) is 34.7. The predicted octanol–water partition coefficient (Wildman–Crippen LogP) is 6.43. The summed E-state index contributed by atoms with van der Waals surface area (Å²) in [5.41, 5.74) is 1.15. The third-order valence-electron chi connectivity index (χ3n) is 7.68. The van der Waals surface area contributed by atoms with Crippen LogP contribution in [-0.4, -0.2) is 30.4 Å². The van der Waals surface area contributed by atoms with Crippen molar-refractivity contribution in [3.05, 3.63) is 65.7 Å². The van der Waals surface area contributed by atoms with E-state index in [9.17, 15) is 4.79 Å². The van der Waals surface area contributed by atoms with E-state index < -0.39 is 16.4 Å². The maximum atomic E-state index is 12.9. The molecule has 4 nitrogen and oxygen atoms in total. The number of nitrogens with zero attached hydrogens (tertiary/aromatic N) is 2. The van der Waals surface area contributed by atoms with Gasteiger partial charge in [-0.25, -0.2) is 4.78 Å². The number of hydrogen-bond acceptors (Lipinski definition) is 3. The van der Waals surface area contributed by atoms with E-state index in [2.05, 4.69) is 103 Å². The Balaban J connectivity index is 1.92. The summed E-state index contributed by atoms with van der Waals surface area (Å²) in [5.74, 6) is 1.37. The topological polar surface area (TPSA) is 41.9 Å². The van der Waals surface area contributed by atoms with Gasteiger partial charge >= 0.3 is 8.32 Å². The van der Waals surface area contributed by atoms with Gasteiger partial charge in [0.1, 0.15) is 0 Å². The number of rotatable bonds is 1. The number of hydrogen-bond donors (Lipinski definition) is 0. The molecule has 1 aliphatic carbocycles. The van der Waals surface area contributed by atoms with Gasteiger partial charge in [0, 0.05) is 29.3 Å². The summed E-state index contributed by atoms with van der Waals surface area (Å²) in [5, 5.41) is 7.19. The molecule has 5 rings (SSSR count). The molecule has 1 saturated heterocycles. The maximum Gasteiger partial charge on any atom is 0.302 e. The summed E-state index contributed by atoms with van der Waals surface area (Å²) >= 11 is 0. The molecule has 174 valence electrons. The Kier molecular flexibility index (Phi) is 4.85. The van der Waals surface area contributed by atoms with Gasteiger partial charge in [-0.1, -0.05) is 96.2 Å². The van der Waals surface area contributed by atoms with E-state index in [-0.39, 0.29) is 33.0 Å². The Morgan fingerprint density at radius 1 is 1.12 bits per heavy atom. The van der Waals surface area contributed by atoms with Crippen LogP contribution >= 0.6 is 8.07 Å². The van der Waals surface area contributed by atoms with Crippen molar-refractivity contribution in [3.8, 4) is 0 Å². The number of amides is 1. The van der Waals surface area contributed by atoms with E-state index in [1.54, 1.807) is 6.92 Å². The zero-order valence-electron chi connectivity index (χ0n) is 21.0. The lowest BCUT2D eigenvalue weighted by Crippen LogP contribution is -2.65. The number of carbonyl (C=O) groups is 1. The van der Waals surface area contributed by atoms with E-state index in [0.29, 0.717) is 0 Å². The standard InChI is InChI=1S/C27H35N2O2PSi/c1-18-22-21-16-12-13-17-27(21)24(32(22)29(28-18)19(2)30)23(25(3,4)5)31-33(27,26(6,7)8)20-14-10-9-11-15-20/h9-17,21-22H,1-8H3/t21-,22+,27+,32?,33+/m1/s1. The minimum atomic E-state index is -2.74. The molecule has 6 heteroatoms. The Hall–Kier alpha value is -1.97. The largest absolute Gasteiger partial charge is 0.540 e. The lowest BCUT2D eigenvalue weighted by molar-refractivity contribution is -0.124. The SMILES string of the molecule is CC(=O)N1N=C(C)[C@H]2[C@H]3C=CC=C[C@@]34C(=C(C(C)(C)C)O[Si@@]4(c3ccccc3)C(C)(C)C)P21. The molecule has 0 N–H and O–H groups in total. The second kappa shape index (κ2) is 7.02. The van der Waals surface area contributed by atoms with Crippen molar-refractivity contribution in [3.63, 3.8) is 0 Å². The molecular formula is C27H35N2O2PSi. The molecule has 4 aliphatic rings. The fraction of sp³-hybridized carbons (Fsp3) is 0.481. The van der Waals surface area contributed by atoms with Gasteiger partial charge in [0.2, 0.25) is 5.91 Å². The molecule has 1 fully saturated rings. The van der Waals surface area contributed by atoms with Crippen molar-refractivity contribution in [1.29, 1.82) is 0 Å². The van der Waals surface area contributed by atoms with Crippen molar-refractivity contribution in [2.75, 3.05) is 0 Å². The van der Waals surface area contributed by atoms with Gasteiger partial charge in [-0.3, -0.25) is 4.79 Å². The van der Waals surface area contributed by atoms with Crippen LogP contribution in [0.3, 0.4) is 0 Å². The Morgan fingerprint density at radius 3 is 2.36 bits per heavy atom. The lowest BCUT2D eigenvalue weighted by atomic mass is 9.81. The Labute approximate surface area is 200 Å². The third-order valence-corrected chi connectivity index (χ3v) is 16.6. The molecule has 3 aliphatic heterocycles. The zero-order chi connectivity index (χ0) is 24.0. The quantitative estimate of drug-likeness (QED) is 0.345. The van der Waals surface area contributed by atoms with Gasteiger partial charge in [0.25, 0.3) is 0 Å². The van der Waals surface area contributed by atoms with Crippen LogP contribution in [0, 0.1) is 11.3 Å². The fourth-order valence-electron chi connectivity index (χ4n) is 6.64. The molecule has 1 aromatic carbocycles. The Morgan fingerprint density at radius 2 is 1.79 bits per heavy atom. The van der Waals surface area contributed by atoms with Crippen molar-refractivity contribution < 1.29 is 9.22 Å². The molecule has 33 heavy (non-hydrogen) atoms. The third kappa shape index (κ3) is 2.73. The summed E-state index contributed by atoms with van der Waals surface area (Å²) in [4.78, 5) is 12.9. The molecule has 5 atom stereocenters. The molecule has 1 amide bonds. The first-order valence-corrected chi connectivity index (χ1v) is 15.2. The first-order chi connectivity index (χ1) is 15.4. The van der Waals surface area contributed by atoms with Crippen molar-refractivity contribution in [2.45, 2.75) is 71.1 Å². The van der Waals surface area contributed by atoms with Crippen LogP contribution in [0.25, 0.3) is 0 Å². The molecule has 1 aromatic rings. The second-order valence-corrected chi connectivity index (χ2v) is 18.3. The number of benzene rings is 1. The molecule has 0 radical (unpaired) electrons. The summed E-state index contributed by atoms with van der Waals surface area (Å²) in [6.45, 7) is 17.6. The van der Waals surface area contributed by atoms with Gasteiger partial charge in [0.15, 0.2) is 0 Å². The van der Waals surface area contributed by atoms with Gasteiger partial charge in [-0.15, -0.1) is 0 Å². The number of carbonyl (C=O) groups excluding carboxylic acids is 1. The van der Waals surface area contributed by atoms with Gasteiger partial charge < -0.3 is 4.43 Å². The van der Waals surface area contributed by atoms with E-state index in [0.717, 1.165) is 11.5 Å². The zero-order valence-corrected chi connectivity index (χ0v) is 22.9. The number of fused-ring (bicyclic) bond motifs is 3. The summed E-state index contributed by atoms with van der Waals surface area (Å²) in [6, 6.07) is 11.0. The first-order valence-electron chi connectivity index (χ1n) is 11.9. The van der Waals surface area contributed by atoms with E-state index >= 15 is 0 Å². The van der Waals surface area contributed by atoms with Crippen LogP contribution in [0.5, 0.6) is 0 Å². The molecule has 3 heterocycles. The molecule has 0 aromatic heterocycles. The van der Waals surface area contributed by atoms with Crippen LogP contribution in [-0.2, 0) is 9.22 Å². The average molecular weight is 479 g/mol. The molecule has 1 spiro atoms. The second-order valence-electron chi connectivity index (χ2n) is 11.8. The molecule has 0 saturated carbocycles. The highest BCUT2D eigenvalue weighted by Crippen LogP contribution is 2.85. The van der Waals surface area contributed by atoms with Crippen molar-refractivity contribution in [2.24, 2.45) is 16.4 Å². The van der Waals surface area contributed by atoms with E-state index in [1.165, 1.54) is 10.5 Å². The van der Waals surface area contributed by atoms with Crippen molar-refractivity contribution >= 4 is 33.2 Å². The smallest absolute Gasteiger partial charge is 0.302 e. The van der Waals surface area contributed by atoms with Crippen LogP contribution in [0.4, 0.5) is 0 Å².